The molecule has 1 heterocycles. The number of hydrogen-bond donors (Lipinski definition) is 2. The Bertz CT molecular complexity index is 949. The molecule has 0 unspecified atom stereocenters. The first-order valence-electron chi connectivity index (χ1n) is 8.74. The normalized spacial score (nSPS) is 23.5. The second kappa shape index (κ2) is 6.15. The molecular formula is C21H18F3NO2. The van der Waals surface area contributed by atoms with Gasteiger partial charge >= 0.3 is 12.1 Å². The predicted molar refractivity (Wildman–Crippen MR) is 95.9 cm³/mol. The average Bonchev–Trinajstić information content (AvgIpc) is 3.10. The van der Waals surface area contributed by atoms with E-state index in [2.05, 4.69) is 11.4 Å². The molecule has 2 aromatic rings. The van der Waals surface area contributed by atoms with Crippen LogP contribution in [0.3, 0.4) is 0 Å². The van der Waals surface area contributed by atoms with Gasteiger partial charge < -0.3 is 10.4 Å². The molecule has 0 radical (unpaired) electrons. The van der Waals surface area contributed by atoms with Crippen molar-refractivity contribution in [2.75, 3.05) is 5.32 Å². The average molecular weight is 373 g/mol. The summed E-state index contributed by atoms with van der Waals surface area (Å²) in [6.45, 7) is 1.73. The van der Waals surface area contributed by atoms with Crippen molar-refractivity contribution in [3.63, 3.8) is 0 Å². The minimum absolute atomic E-state index is 0.0577. The number of anilines is 1. The number of alkyl halides is 3. The van der Waals surface area contributed by atoms with Gasteiger partial charge in [0, 0.05) is 11.6 Å². The third-order valence-corrected chi connectivity index (χ3v) is 5.60. The number of carboxylic acid groups (broad SMARTS) is 1. The van der Waals surface area contributed by atoms with E-state index in [1.807, 2.05) is 12.1 Å². The zero-order valence-electron chi connectivity index (χ0n) is 14.5. The number of rotatable bonds is 2. The lowest BCUT2D eigenvalue weighted by molar-refractivity contribution is -0.137. The van der Waals surface area contributed by atoms with Crippen LogP contribution in [0.5, 0.6) is 0 Å². The van der Waals surface area contributed by atoms with Gasteiger partial charge in [0.15, 0.2) is 0 Å². The summed E-state index contributed by atoms with van der Waals surface area (Å²) in [7, 11) is 0. The number of benzene rings is 2. The maximum Gasteiger partial charge on any atom is 0.416 e. The van der Waals surface area contributed by atoms with Crippen molar-refractivity contribution < 1.29 is 23.1 Å². The summed E-state index contributed by atoms with van der Waals surface area (Å²) in [5.41, 5.74) is 2.41. The van der Waals surface area contributed by atoms with E-state index in [-0.39, 0.29) is 23.4 Å². The first-order chi connectivity index (χ1) is 12.8. The summed E-state index contributed by atoms with van der Waals surface area (Å²) in [4.78, 5) is 11.5. The molecule has 1 aliphatic heterocycles. The molecule has 140 valence electrons. The molecule has 0 bridgehead atoms. The van der Waals surface area contributed by atoms with E-state index in [0.29, 0.717) is 16.8 Å². The number of carbonyl (C=O) groups is 1. The van der Waals surface area contributed by atoms with Crippen molar-refractivity contribution in [1.29, 1.82) is 0 Å². The van der Waals surface area contributed by atoms with Crippen LogP contribution in [0, 0.1) is 12.8 Å². The van der Waals surface area contributed by atoms with Crippen LogP contribution in [-0.2, 0) is 6.18 Å². The number of halogens is 3. The van der Waals surface area contributed by atoms with Crippen molar-refractivity contribution in [3.05, 3.63) is 76.4 Å². The maximum atomic E-state index is 13.1. The Morgan fingerprint density at radius 3 is 2.70 bits per heavy atom. The van der Waals surface area contributed by atoms with Gasteiger partial charge in [0.05, 0.1) is 17.2 Å². The molecule has 2 N–H and O–H groups in total. The van der Waals surface area contributed by atoms with Crippen molar-refractivity contribution in [3.8, 4) is 0 Å². The van der Waals surface area contributed by atoms with Crippen LogP contribution in [0.15, 0.2) is 48.6 Å². The Hall–Kier alpha value is -2.76. The van der Waals surface area contributed by atoms with Crippen LogP contribution in [-0.4, -0.2) is 11.1 Å². The molecule has 2 aromatic carbocycles. The van der Waals surface area contributed by atoms with Gasteiger partial charge in [-0.1, -0.05) is 30.4 Å². The molecule has 3 atom stereocenters. The summed E-state index contributed by atoms with van der Waals surface area (Å²) < 4.78 is 39.4. The molecule has 0 fully saturated rings. The van der Waals surface area contributed by atoms with Crippen LogP contribution in [0.1, 0.15) is 51.0 Å². The second-order valence-electron chi connectivity index (χ2n) is 7.11. The predicted octanol–water partition coefficient (Wildman–Crippen LogP) is 5.54. The van der Waals surface area contributed by atoms with Gasteiger partial charge in [0.1, 0.15) is 0 Å². The highest BCUT2D eigenvalue weighted by Crippen LogP contribution is 2.51. The number of nitrogens with one attached hydrogen (secondary N) is 1. The maximum absolute atomic E-state index is 13.1. The van der Waals surface area contributed by atoms with E-state index in [4.69, 9.17) is 0 Å². The van der Waals surface area contributed by atoms with Gasteiger partial charge in [-0.05, 0) is 54.2 Å². The summed E-state index contributed by atoms with van der Waals surface area (Å²) in [5.74, 6) is -0.866. The lowest BCUT2D eigenvalue weighted by atomic mass is 9.75. The van der Waals surface area contributed by atoms with Gasteiger partial charge in [0.2, 0.25) is 0 Å². The van der Waals surface area contributed by atoms with E-state index >= 15 is 0 Å². The SMILES string of the molecule is Cc1c(C(=O)O)ccc2c1N[C@H](c1cccc(C(F)(F)F)c1)[C@H]1CC=C[C@@H]21. The van der Waals surface area contributed by atoms with Crippen LogP contribution < -0.4 is 5.32 Å². The summed E-state index contributed by atoms with van der Waals surface area (Å²) in [6.07, 6.45) is 0.484. The number of hydrogen-bond acceptors (Lipinski definition) is 2. The molecule has 0 spiro atoms. The Balaban J connectivity index is 1.82. The van der Waals surface area contributed by atoms with Crippen LogP contribution in [0.4, 0.5) is 18.9 Å². The van der Waals surface area contributed by atoms with E-state index in [1.165, 1.54) is 12.1 Å². The third kappa shape index (κ3) is 2.89. The molecule has 0 saturated heterocycles. The number of allylic oxidation sites excluding steroid dienone is 2. The van der Waals surface area contributed by atoms with Crippen molar-refractivity contribution in [1.82, 2.24) is 0 Å². The van der Waals surface area contributed by atoms with Gasteiger partial charge in [-0.2, -0.15) is 13.2 Å². The zero-order valence-corrected chi connectivity index (χ0v) is 14.5. The highest BCUT2D eigenvalue weighted by molar-refractivity contribution is 5.92. The largest absolute Gasteiger partial charge is 0.478 e. The number of carboxylic acids is 1. The Morgan fingerprint density at radius 2 is 2.00 bits per heavy atom. The van der Waals surface area contributed by atoms with E-state index in [0.717, 1.165) is 18.1 Å². The number of aromatic carboxylic acids is 1. The van der Waals surface area contributed by atoms with Crippen molar-refractivity contribution >= 4 is 11.7 Å². The van der Waals surface area contributed by atoms with Gasteiger partial charge in [-0.25, -0.2) is 4.79 Å². The van der Waals surface area contributed by atoms with Crippen molar-refractivity contribution in [2.45, 2.75) is 31.5 Å². The minimum atomic E-state index is -4.40. The van der Waals surface area contributed by atoms with Gasteiger partial charge in [0.25, 0.3) is 0 Å². The van der Waals surface area contributed by atoms with E-state index in [1.54, 1.807) is 19.1 Å². The molecule has 0 aromatic heterocycles. The topological polar surface area (TPSA) is 49.3 Å². The highest BCUT2D eigenvalue weighted by atomic mass is 19.4. The molecule has 1 aliphatic carbocycles. The van der Waals surface area contributed by atoms with Crippen molar-refractivity contribution in [2.24, 2.45) is 5.92 Å². The standard InChI is InChI=1S/C21H18F3NO2/c1-11-14(20(26)27)8-9-17-15-6-3-7-16(15)19(25-18(11)17)12-4-2-5-13(10-12)21(22,23)24/h2-6,8-10,15-16,19,25H,7H2,1H3,(H,26,27)/t15-,16+,19-/m1/s1. The lowest BCUT2D eigenvalue weighted by Gasteiger charge is -2.38. The number of fused-ring (bicyclic) bond motifs is 3. The Morgan fingerprint density at radius 1 is 1.22 bits per heavy atom. The molecular weight excluding hydrogens is 355 g/mol. The highest BCUT2D eigenvalue weighted by Gasteiger charge is 2.40. The Kier molecular flexibility index (Phi) is 4.02. The van der Waals surface area contributed by atoms with Gasteiger partial charge in [-0.15, -0.1) is 0 Å². The fourth-order valence-electron chi connectivity index (χ4n) is 4.28. The summed E-state index contributed by atoms with van der Waals surface area (Å²) in [5, 5.41) is 12.8. The molecule has 0 amide bonds. The summed E-state index contributed by atoms with van der Waals surface area (Å²) in [6, 6.07) is 8.48. The smallest absolute Gasteiger partial charge is 0.416 e. The van der Waals surface area contributed by atoms with Crippen LogP contribution in [0.2, 0.25) is 0 Å². The molecule has 27 heavy (non-hydrogen) atoms. The monoisotopic (exact) mass is 373 g/mol. The first kappa shape index (κ1) is 17.6. The second-order valence-corrected chi connectivity index (χ2v) is 7.11. The first-order valence-corrected chi connectivity index (χ1v) is 8.74. The quantitative estimate of drug-likeness (QED) is 0.680. The molecule has 0 saturated carbocycles. The fraction of sp³-hybridized carbons (Fsp3) is 0.286. The lowest BCUT2D eigenvalue weighted by Crippen LogP contribution is -2.30. The molecule has 4 rings (SSSR count). The van der Waals surface area contributed by atoms with Crippen LogP contribution >= 0.6 is 0 Å². The summed E-state index contributed by atoms with van der Waals surface area (Å²) >= 11 is 0. The molecule has 3 nitrogen and oxygen atoms in total. The minimum Gasteiger partial charge on any atom is -0.478 e. The molecule has 2 aliphatic rings. The van der Waals surface area contributed by atoms with Gasteiger partial charge in [-0.3, -0.25) is 0 Å². The fourth-order valence-corrected chi connectivity index (χ4v) is 4.28. The van der Waals surface area contributed by atoms with E-state index in [9.17, 15) is 23.1 Å². The molecule has 6 heteroatoms. The third-order valence-electron chi connectivity index (χ3n) is 5.60. The Labute approximate surface area is 154 Å². The zero-order chi connectivity index (χ0) is 19.3. The van der Waals surface area contributed by atoms with E-state index < -0.39 is 17.7 Å². The van der Waals surface area contributed by atoms with Crippen LogP contribution in [0.25, 0.3) is 0 Å².